The molecule has 0 radical (unpaired) electrons. The molecular weight excluding hydrogens is 443 g/mol. The fraction of sp³-hybridized carbons (Fsp3) is 0.269. The number of carbonyl (C=O) groups excluding carboxylic acids is 2. The van der Waals surface area contributed by atoms with Crippen LogP contribution in [0.5, 0.6) is 0 Å². The van der Waals surface area contributed by atoms with Gasteiger partial charge in [0, 0.05) is 30.5 Å². The van der Waals surface area contributed by atoms with Gasteiger partial charge in [0.2, 0.25) is 0 Å². The van der Waals surface area contributed by atoms with Crippen molar-refractivity contribution in [1.82, 2.24) is 9.88 Å². The number of hydrogen-bond donors (Lipinski definition) is 1. The van der Waals surface area contributed by atoms with Gasteiger partial charge in [0.25, 0.3) is 11.8 Å². The van der Waals surface area contributed by atoms with Crippen LogP contribution in [0.4, 0.5) is 18.9 Å². The summed E-state index contributed by atoms with van der Waals surface area (Å²) in [5, 5.41) is 2.68. The zero-order valence-corrected chi connectivity index (χ0v) is 18.6. The molecular formula is C26H24F3N3O2. The number of alkyl halides is 3. The summed E-state index contributed by atoms with van der Waals surface area (Å²) in [6, 6.07) is 17.2. The van der Waals surface area contributed by atoms with Gasteiger partial charge in [0.1, 0.15) is 5.69 Å². The monoisotopic (exact) mass is 467 g/mol. The molecule has 34 heavy (non-hydrogen) atoms. The second kappa shape index (κ2) is 9.67. The van der Waals surface area contributed by atoms with Gasteiger partial charge in [-0.2, -0.15) is 13.2 Å². The highest BCUT2D eigenvalue weighted by atomic mass is 19.4. The van der Waals surface area contributed by atoms with Crippen LogP contribution in [0.15, 0.2) is 66.9 Å². The third kappa shape index (κ3) is 5.27. The van der Waals surface area contributed by atoms with Crippen molar-refractivity contribution in [2.24, 2.45) is 0 Å². The van der Waals surface area contributed by atoms with E-state index in [9.17, 15) is 22.8 Å². The van der Waals surface area contributed by atoms with E-state index in [1.54, 1.807) is 25.1 Å². The summed E-state index contributed by atoms with van der Waals surface area (Å²) in [6.07, 6.45) is -1.92. The molecule has 2 aromatic carbocycles. The number of halogens is 3. The number of nitrogens with zero attached hydrogens (tertiary/aromatic N) is 2. The number of anilines is 1. The maximum absolute atomic E-state index is 13.1. The Bertz CT molecular complexity index is 1170. The van der Waals surface area contributed by atoms with E-state index in [-0.39, 0.29) is 11.5 Å². The SMILES string of the molecule is Cc1ccc(C(=O)N2CCC(c3ccccc3)CC2)cc1NC(=O)c1ccc(C(F)(F)F)nc1. The van der Waals surface area contributed by atoms with Crippen LogP contribution >= 0.6 is 0 Å². The van der Waals surface area contributed by atoms with Gasteiger partial charge in [-0.3, -0.25) is 14.6 Å². The number of amides is 2. The Kier molecular flexibility index (Phi) is 6.68. The fourth-order valence-corrected chi connectivity index (χ4v) is 4.10. The molecule has 1 fully saturated rings. The summed E-state index contributed by atoms with van der Waals surface area (Å²) in [6.45, 7) is 3.07. The molecule has 2 amide bonds. The lowest BCUT2D eigenvalue weighted by Gasteiger charge is -2.32. The number of carbonyl (C=O) groups is 2. The zero-order chi connectivity index (χ0) is 24.3. The molecule has 1 aliphatic heterocycles. The molecule has 1 saturated heterocycles. The molecule has 1 aromatic heterocycles. The normalized spacial score (nSPS) is 14.6. The van der Waals surface area contributed by atoms with Gasteiger partial charge < -0.3 is 10.2 Å². The first-order valence-electron chi connectivity index (χ1n) is 11.0. The van der Waals surface area contributed by atoms with Gasteiger partial charge in [-0.15, -0.1) is 0 Å². The molecule has 0 saturated carbocycles. The van der Waals surface area contributed by atoms with Crippen molar-refractivity contribution in [3.8, 4) is 0 Å². The average Bonchev–Trinajstić information content (AvgIpc) is 2.85. The number of pyridine rings is 1. The zero-order valence-electron chi connectivity index (χ0n) is 18.6. The van der Waals surface area contributed by atoms with E-state index in [1.165, 1.54) is 5.56 Å². The second-order valence-corrected chi connectivity index (χ2v) is 8.39. The Balaban J connectivity index is 1.42. The molecule has 5 nitrogen and oxygen atoms in total. The van der Waals surface area contributed by atoms with Gasteiger partial charge in [-0.1, -0.05) is 36.4 Å². The lowest BCUT2D eigenvalue weighted by Crippen LogP contribution is -2.38. The molecule has 176 valence electrons. The summed E-state index contributed by atoms with van der Waals surface area (Å²) in [5.41, 5.74) is 1.82. The van der Waals surface area contributed by atoms with Crippen LogP contribution in [-0.4, -0.2) is 34.8 Å². The Morgan fingerprint density at radius 1 is 0.971 bits per heavy atom. The van der Waals surface area contributed by atoms with Crippen molar-refractivity contribution in [3.63, 3.8) is 0 Å². The molecule has 4 rings (SSSR count). The van der Waals surface area contributed by atoms with Crippen molar-refractivity contribution < 1.29 is 22.8 Å². The first kappa shape index (κ1) is 23.5. The molecule has 1 N–H and O–H groups in total. The van der Waals surface area contributed by atoms with Gasteiger partial charge in [-0.25, -0.2) is 0 Å². The molecule has 8 heteroatoms. The minimum Gasteiger partial charge on any atom is -0.339 e. The predicted molar refractivity (Wildman–Crippen MR) is 123 cm³/mol. The van der Waals surface area contributed by atoms with Crippen LogP contribution in [-0.2, 0) is 6.18 Å². The molecule has 0 spiro atoms. The van der Waals surface area contributed by atoms with Crippen molar-refractivity contribution in [3.05, 3.63) is 94.8 Å². The second-order valence-electron chi connectivity index (χ2n) is 8.39. The quantitative estimate of drug-likeness (QED) is 0.537. The number of nitrogens with one attached hydrogen (secondary N) is 1. The number of likely N-dealkylation sites (tertiary alicyclic amines) is 1. The largest absolute Gasteiger partial charge is 0.433 e. The van der Waals surface area contributed by atoms with Gasteiger partial charge in [0.05, 0.1) is 5.56 Å². The molecule has 0 unspecified atom stereocenters. The number of rotatable bonds is 4. The molecule has 1 aliphatic rings. The van der Waals surface area contributed by atoms with Crippen molar-refractivity contribution in [2.45, 2.75) is 31.9 Å². The molecule has 0 aliphatic carbocycles. The van der Waals surface area contributed by atoms with Crippen LogP contribution in [0, 0.1) is 6.92 Å². The maximum atomic E-state index is 13.1. The minimum atomic E-state index is -4.57. The van der Waals surface area contributed by atoms with Crippen LogP contribution in [0.3, 0.4) is 0 Å². The fourth-order valence-electron chi connectivity index (χ4n) is 4.10. The van der Waals surface area contributed by atoms with E-state index < -0.39 is 17.8 Å². The van der Waals surface area contributed by atoms with E-state index in [0.29, 0.717) is 30.3 Å². The summed E-state index contributed by atoms with van der Waals surface area (Å²) >= 11 is 0. The Morgan fingerprint density at radius 3 is 2.26 bits per heavy atom. The van der Waals surface area contributed by atoms with Gasteiger partial charge >= 0.3 is 6.18 Å². The van der Waals surface area contributed by atoms with Crippen LogP contribution < -0.4 is 5.32 Å². The van der Waals surface area contributed by atoms with Crippen molar-refractivity contribution in [2.75, 3.05) is 18.4 Å². The maximum Gasteiger partial charge on any atom is 0.433 e. The van der Waals surface area contributed by atoms with Crippen LogP contribution in [0.1, 0.15) is 56.3 Å². The predicted octanol–water partition coefficient (Wildman–Crippen LogP) is 5.68. The van der Waals surface area contributed by atoms with E-state index in [1.807, 2.05) is 23.1 Å². The lowest BCUT2D eigenvalue weighted by molar-refractivity contribution is -0.141. The number of hydrogen-bond acceptors (Lipinski definition) is 3. The Labute approximate surface area is 195 Å². The van der Waals surface area contributed by atoms with Crippen molar-refractivity contribution in [1.29, 1.82) is 0 Å². The van der Waals surface area contributed by atoms with E-state index in [0.717, 1.165) is 36.7 Å². The topological polar surface area (TPSA) is 62.3 Å². The third-order valence-electron chi connectivity index (χ3n) is 6.10. The highest BCUT2D eigenvalue weighted by Gasteiger charge is 2.32. The Morgan fingerprint density at radius 2 is 1.65 bits per heavy atom. The van der Waals surface area contributed by atoms with Crippen LogP contribution in [0.25, 0.3) is 0 Å². The molecule has 0 atom stereocenters. The first-order valence-corrected chi connectivity index (χ1v) is 11.0. The van der Waals surface area contributed by atoms with E-state index in [2.05, 4.69) is 22.4 Å². The number of aromatic nitrogens is 1. The highest BCUT2D eigenvalue weighted by Crippen LogP contribution is 2.29. The van der Waals surface area contributed by atoms with Gasteiger partial charge in [0.15, 0.2) is 0 Å². The van der Waals surface area contributed by atoms with Crippen LogP contribution in [0.2, 0.25) is 0 Å². The van der Waals surface area contributed by atoms with E-state index >= 15 is 0 Å². The average molecular weight is 467 g/mol. The minimum absolute atomic E-state index is 0.00730. The first-order chi connectivity index (χ1) is 16.2. The summed E-state index contributed by atoms with van der Waals surface area (Å²) in [5.74, 6) is -0.286. The van der Waals surface area contributed by atoms with Gasteiger partial charge in [-0.05, 0) is 61.1 Å². The smallest absolute Gasteiger partial charge is 0.339 e. The van der Waals surface area contributed by atoms with E-state index in [4.69, 9.17) is 0 Å². The summed E-state index contributed by atoms with van der Waals surface area (Å²) in [4.78, 5) is 30.8. The summed E-state index contributed by atoms with van der Waals surface area (Å²) < 4.78 is 38.1. The molecule has 3 aromatic rings. The number of benzene rings is 2. The highest BCUT2D eigenvalue weighted by molar-refractivity contribution is 6.05. The third-order valence-corrected chi connectivity index (χ3v) is 6.10. The summed E-state index contributed by atoms with van der Waals surface area (Å²) in [7, 11) is 0. The number of aryl methyl sites for hydroxylation is 1. The van der Waals surface area contributed by atoms with Crippen molar-refractivity contribution >= 4 is 17.5 Å². The molecule has 2 heterocycles. The number of piperidine rings is 1. The lowest BCUT2D eigenvalue weighted by atomic mass is 9.89. The Hall–Kier alpha value is -3.68. The molecule has 0 bridgehead atoms. The standard InChI is InChI=1S/C26H24F3N3O2/c1-17-7-8-20(25(34)32-13-11-19(12-14-32)18-5-3-2-4-6-18)15-22(17)31-24(33)21-9-10-23(30-16-21)26(27,28)29/h2-10,15-16,19H,11-14H2,1H3,(H,31,33).